The van der Waals surface area contributed by atoms with E-state index in [4.69, 9.17) is 20.2 Å². The molecule has 0 amide bonds. The molecular formula is C28H51ClO2Si2. The zero-order chi connectivity index (χ0) is 25.4. The lowest BCUT2D eigenvalue weighted by molar-refractivity contribution is 0.0170. The zero-order valence-corrected chi connectivity index (χ0v) is 26.2. The molecule has 1 aromatic rings. The SMILES string of the molecule is CC(C)[Si](O[C@H]1C[C@@H](C[Si](Cl)(C(C)(C)C)C(C)(C)C)O[C@@H]1c1ccccc1)(C(C)C)C(C)C. The highest BCUT2D eigenvalue weighted by molar-refractivity contribution is 7.23. The molecule has 1 aromatic carbocycles. The standard InChI is InChI=1S/C28H51ClO2Si2/c1-20(2)33(21(3)4,22(5)6)31-25-18-24(30-26(25)23-16-14-13-15-17-23)19-32(29,27(7,8)9)28(10,11)12/h13-17,20-22,24-26H,18-19H2,1-12H3/t24-,25-,26+/m0/s1. The van der Waals surface area contributed by atoms with Crippen LogP contribution in [0.15, 0.2) is 30.3 Å². The molecule has 2 rings (SSSR count). The van der Waals surface area contributed by atoms with E-state index in [9.17, 15) is 0 Å². The van der Waals surface area contributed by atoms with Gasteiger partial charge >= 0.3 is 0 Å². The Morgan fingerprint density at radius 3 is 1.73 bits per heavy atom. The lowest BCUT2D eigenvalue weighted by Crippen LogP contribution is -2.51. The van der Waals surface area contributed by atoms with Crippen LogP contribution in [0.1, 0.15) is 101 Å². The Bertz CT molecular complexity index is 714. The maximum atomic E-state index is 7.62. The number of hydrogen-bond donors (Lipinski definition) is 0. The van der Waals surface area contributed by atoms with Crippen molar-refractivity contribution in [1.29, 1.82) is 0 Å². The lowest BCUT2D eigenvalue weighted by atomic mass is 10.0. The molecule has 0 unspecified atom stereocenters. The van der Waals surface area contributed by atoms with Crippen LogP contribution in [-0.2, 0) is 9.16 Å². The molecule has 1 aliphatic rings. The predicted octanol–water partition coefficient (Wildman–Crippen LogP) is 9.86. The Hall–Kier alpha value is -0.136. The van der Waals surface area contributed by atoms with Gasteiger partial charge in [0.05, 0.1) is 12.2 Å². The summed E-state index contributed by atoms with van der Waals surface area (Å²) in [6, 6.07) is 11.7. The van der Waals surface area contributed by atoms with Gasteiger partial charge in [0.2, 0.25) is 8.32 Å². The Kier molecular flexibility index (Phi) is 9.22. The second kappa shape index (κ2) is 10.5. The molecule has 5 heteroatoms. The van der Waals surface area contributed by atoms with Gasteiger partial charge in [0.1, 0.15) is 6.10 Å². The smallest absolute Gasteiger partial charge is 0.200 e. The van der Waals surface area contributed by atoms with Crippen molar-refractivity contribution in [3.8, 4) is 0 Å². The summed E-state index contributed by atoms with van der Waals surface area (Å²) in [5.74, 6) is 0. The Morgan fingerprint density at radius 2 is 1.33 bits per heavy atom. The molecule has 0 N–H and O–H groups in total. The van der Waals surface area contributed by atoms with Crippen LogP contribution in [0, 0.1) is 0 Å². The molecule has 0 saturated carbocycles. The average molecular weight is 511 g/mol. The van der Waals surface area contributed by atoms with Crippen LogP contribution in [0.4, 0.5) is 0 Å². The fourth-order valence-corrected chi connectivity index (χ4v) is 17.1. The number of ether oxygens (including phenoxy) is 1. The van der Waals surface area contributed by atoms with Crippen molar-refractivity contribution in [3.05, 3.63) is 35.9 Å². The molecular weight excluding hydrogens is 460 g/mol. The first kappa shape index (κ1) is 29.1. The first-order chi connectivity index (χ1) is 15.0. The van der Waals surface area contributed by atoms with Gasteiger partial charge in [-0.3, -0.25) is 0 Å². The van der Waals surface area contributed by atoms with Gasteiger partial charge in [-0.1, -0.05) is 113 Å². The second-order valence-electron chi connectivity index (χ2n) is 13.3. The molecule has 0 bridgehead atoms. The molecule has 1 heterocycles. The van der Waals surface area contributed by atoms with Crippen LogP contribution in [-0.4, -0.2) is 27.9 Å². The molecule has 1 saturated heterocycles. The fraction of sp³-hybridized carbons (Fsp3) is 0.786. The summed E-state index contributed by atoms with van der Waals surface area (Å²) in [6.45, 7) is 28.1. The number of hydrogen-bond acceptors (Lipinski definition) is 2. The summed E-state index contributed by atoms with van der Waals surface area (Å²) < 4.78 is 14.2. The van der Waals surface area contributed by atoms with E-state index in [0.29, 0.717) is 16.6 Å². The molecule has 0 radical (unpaired) electrons. The third-order valence-electron chi connectivity index (χ3n) is 8.25. The molecule has 3 atom stereocenters. The van der Waals surface area contributed by atoms with E-state index < -0.39 is 15.7 Å². The van der Waals surface area contributed by atoms with Gasteiger partial charge in [-0.2, -0.15) is 11.1 Å². The molecule has 0 aliphatic carbocycles. The minimum absolute atomic E-state index is 0.0193. The normalized spacial score (nSPS) is 23.2. The third-order valence-corrected chi connectivity index (χ3v) is 24.0. The van der Waals surface area contributed by atoms with E-state index in [1.807, 2.05) is 0 Å². The summed E-state index contributed by atoms with van der Waals surface area (Å²) in [7, 11) is -4.23. The maximum Gasteiger partial charge on any atom is 0.200 e. The quantitative estimate of drug-likeness (QED) is 0.256. The maximum absolute atomic E-state index is 7.62. The number of rotatable bonds is 8. The van der Waals surface area contributed by atoms with Gasteiger partial charge in [0.25, 0.3) is 0 Å². The first-order valence-electron chi connectivity index (χ1n) is 13.0. The highest BCUT2D eigenvalue weighted by atomic mass is 35.6. The number of benzene rings is 1. The van der Waals surface area contributed by atoms with Gasteiger partial charge in [-0.15, -0.1) is 0 Å². The van der Waals surface area contributed by atoms with Crippen molar-refractivity contribution in [2.45, 2.75) is 141 Å². The van der Waals surface area contributed by atoms with Crippen LogP contribution in [0.25, 0.3) is 0 Å². The van der Waals surface area contributed by atoms with Crippen molar-refractivity contribution < 1.29 is 9.16 Å². The summed E-state index contributed by atoms with van der Waals surface area (Å²) in [5.41, 5.74) is 2.90. The van der Waals surface area contributed by atoms with Gasteiger partial charge < -0.3 is 9.16 Å². The van der Waals surface area contributed by atoms with Crippen LogP contribution >= 0.6 is 11.1 Å². The molecule has 0 spiro atoms. The summed E-state index contributed by atoms with van der Waals surface area (Å²) in [4.78, 5) is 0. The van der Waals surface area contributed by atoms with Crippen LogP contribution in [0.3, 0.4) is 0 Å². The van der Waals surface area contributed by atoms with Crippen molar-refractivity contribution in [2.24, 2.45) is 0 Å². The Labute approximate surface area is 212 Å². The zero-order valence-electron chi connectivity index (χ0n) is 23.5. The number of halogens is 1. The lowest BCUT2D eigenvalue weighted by Gasteiger charge is -2.48. The molecule has 0 aromatic heterocycles. The first-order valence-corrected chi connectivity index (χ1v) is 18.4. The van der Waals surface area contributed by atoms with E-state index in [-0.39, 0.29) is 28.4 Å². The van der Waals surface area contributed by atoms with E-state index in [1.165, 1.54) is 5.56 Å². The van der Waals surface area contributed by atoms with Crippen LogP contribution in [0.2, 0.25) is 32.7 Å². The average Bonchev–Trinajstić information content (AvgIpc) is 3.06. The van der Waals surface area contributed by atoms with E-state index in [0.717, 1.165) is 12.5 Å². The van der Waals surface area contributed by atoms with Gasteiger partial charge in [0, 0.05) is 6.42 Å². The summed E-state index contributed by atoms with van der Waals surface area (Å²) in [6.07, 6.45) is 1.15. The van der Waals surface area contributed by atoms with E-state index in [2.05, 4.69) is 113 Å². The van der Waals surface area contributed by atoms with Gasteiger partial charge in [-0.25, -0.2) is 0 Å². The van der Waals surface area contributed by atoms with Gasteiger partial charge in [0.15, 0.2) is 7.38 Å². The van der Waals surface area contributed by atoms with Crippen molar-refractivity contribution in [3.63, 3.8) is 0 Å². The van der Waals surface area contributed by atoms with Crippen LogP contribution < -0.4 is 0 Å². The highest BCUT2D eigenvalue weighted by Crippen LogP contribution is 2.58. The Morgan fingerprint density at radius 1 is 0.879 bits per heavy atom. The van der Waals surface area contributed by atoms with Crippen molar-refractivity contribution in [2.75, 3.05) is 0 Å². The second-order valence-corrected chi connectivity index (χ2v) is 25.7. The predicted molar refractivity (Wildman–Crippen MR) is 150 cm³/mol. The molecule has 1 fully saturated rings. The van der Waals surface area contributed by atoms with Crippen LogP contribution in [0.5, 0.6) is 0 Å². The molecule has 1 aliphatic heterocycles. The highest BCUT2D eigenvalue weighted by Gasteiger charge is 2.56. The monoisotopic (exact) mass is 510 g/mol. The largest absolute Gasteiger partial charge is 0.410 e. The van der Waals surface area contributed by atoms with Gasteiger partial charge in [-0.05, 0) is 38.3 Å². The Balaban J connectivity index is 2.45. The summed E-state index contributed by atoms with van der Waals surface area (Å²) in [5, 5.41) is 0.174. The molecule has 190 valence electrons. The molecule has 2 nitrogen and oxygen atoms in total. The van der Waals surface area contributed by atoms with E-state index >= 15 is 0 Å². The van der Waals surface area contributed by atoms with Crippen molar-refractivity contribution >= 4 is 26.8 Å². The van der Waals surface area contributed by atoms with Crippen molar-refractivity contribution in [1.82, 2.24) is 0 Å². The fourth-order valence-electron chi connectivity index (χ4n) is 6.63. The topological polar surface area (TPSA) is 18.5 Å². The third kappa shape index (κ3) is 5.82. The van der Waals surface area contributed by atoms with E-state index in [1.54, 1.807) is 0 Å². The molecule has 33 heavy (non-hydrogen) atoms. The summed E-state index contributed by atoms with van der Waals surface area (Å²) >= 11 is 7.62. The minimum atomic E-state index is -2.20. The minimum Gasteiger partial charge on any atom is -0.410 e.